The van der Waals surface area contributed by atoms with Crippen LogP contribution in [0.2, 0.25) is 0 Å². The predicted octanol–water partition coefficient (Wildman–Crippen LogP) is 12.0. The Hall–Kier alpha value is -8.79. The molecule has 5 aromatic heterocycles. The minimum absolute atomic E-state index is 0.00892. The van der Waals surface area contributed by atoms with Crippen molar-refractivity contribution in [3.63, 3.8) is 0 Å². The number of benzene rings is 3. The molecule has 0 bridgehead atoms. The molecule has 0 saturated carbocycles. The van der Waals surface area contributed by atoms with Gasteiger partial charge in [0.05, 0.1) is 86.0 Å². The van der Waals surface area contributed by atoms with Gasteiger partial charge in [-0.1, -0.05) is 113 Å². The number of thiazole rings is 1. The van der Waals surface area contributed by atoms with Crippen molar-refractivity contribution in [2.45, 2.75) is 125 Å². The molecular weight excluding hydrogens is 1200 g/mol. The van der Waals surface area contributed by atoms with Crippen molar-refractivity contribution in [3.8, 4) is 49.8 Å². The fourth-order valence-corrected chi connectivity index (χ4v) is 12.5. The number of nitrogens with zero attached hydrogens (tertiary/aromatic N) is 8. The normalized spacial score (nSPS) is 16.5. The van der Waals surface area contributed by atoms with Crippen LogP contribution in [0.1, 0.15) is 111 Å². The maximum absolute atomic E-state index is 14.1. The Bertz CT molecular complexity index is 3920. The zero-order valence-corrected chi connectivity index (χ0v) is 56.0. The van der Waals surface area contributed by atoms with Crippen LogP contribution in [0, 0.1) is 32.1 Å². The van der Waals surface area contributed by atoms with Gasteiger partial charge in [-0.2, -0.15) is 0 Å². The van der Waals surface area contributed by atoms with E-state index in [1.165, 1.54) is 16.0 Å². The van der Waals surface area contributed by atoms with Crippen LogP contribution in [0.4, 0.5) is 5.69 Å². The number of allylic oxidation sites excluding steroid dienone is 2. The minimum atomic E-state index is -0.938. The summed E-state index contributed by atoms with van der Waals surface area (Å²) >= 11 is 1.57. The molecule has 8 aromatic rings. The van der Waals surface area contributed by atoms with Crippen molar-refractivity contribution in [1.29, 1.82) is 0 Å². The van der Waals surface area contributed by atoms with Crippen LogP contribution in [0.15, 0.2) is 134 Å². The van der Waals surface area contributed by atoms with Crippen LogP contribution >= 0.6 is 11.3 Å². The number of likely N-dealkylation sites (tertiary alicyclic amines) is 1. The fraction of sp³-hybridized carbons (Fsp3) is 0.392. The van der Waals surface area contributed by atoms with Gasteiger partial charge in [-0.05, 0) is 109 Å². The lowest BCUT2D eigenvalue weighted by Gasteiger charge is -2.35. The van der Waals surface area contributed by atoms with Gasteiger partial charge in [0.15, 0.2) is 0 Å². The lowest BCUT2D eigenvalue weighted by Crippen LogP contribution is -2.57. The molecule has 3 amide bonds. The van der Waals surface area contributed by atoms with E-state index in [1.807, 2.05) is 93.0 Å². The number of hydrogen-bond donors (Lipinski definition) is 4. The van der Waals surface area contributed by atoms with Gasteiger partial charge in [0.1, 0.15) is 23.5 Å². The van der Waals surface area contributed by atoms with Crippen molar-refractivity contribution >= 4 is 46.9 Å². The molecule has 492 valence electrons. The lowest BCUT2D eigenvalue weighted by atomic mass is 9.77. The topological polar surface area (TPSA) is 230 Å². The smallest absolute Gasteiger partial charge is 0.246 e. The van der Waals surface area contributed by atoms with E-state index < -0.39 is 29.5 Å². The third kappa shape index (κ3) is 17.9. The molecular formula is C74H87N11O8S. The summed E-state index contributed by atoms with van der Waals surface area (Å²) in [6, 6.07) is 27.3. The quantitative estimate of drug-likeness (QED) is 0.0234. The van der Waals surface area contributed by atoms with Crippen molar-refractivity contribution in [3.05, 3.63) is 178 Å². The molecule has 6 heterocycles. The molecule has 5 atom stereocenters. The van der Waals surface area contributed by atoms with E-state index in [1.54, 1.807) is 17.5 Å². The highest BCUT2D eigenvalue weighted by atomic mass is 32.1. The molecule has 0 radical (unpaired) electrons. The molecule has 19 nitrogen and oxygen atoms in total. The third-order valence-electron chi connectivity index (χ3n) is 16.9. The highest BCUT2D eigenvalue weighted by molar-refractivity contribution is 7.13. The number of amides is 3. The van der Waals surface area contributed by atoms with E-state index >= 15 is 0 Å². The van der Waals surface area contributed by atoms with E-state index in [4.69, 9.17) is 28.9 Å². The van der Waals surface area contributed by atoms with Crippen LogP contribution in [0.3, 0.4) is 0 Å². The third-order valence-corrected chi connectivity index (χ3v) is 17.9. The molecule has 3 aromatic carbocycles. The van der Waals surface area contributed by atoms with Crippen LogP contribution in [-0.4, -0.2) is 134 Å². The Morgan fingerprint density at radius 1 is 0.809 bits per heavy atom. The van der Waals surface area contributed by atoms with Crippen molar-refractivity contribution < 1.29 is 38.4 Å². The van der Waals surface area contributed by atoms with E-state index in [-0.39, 0.29) is 57.6 Å². The van der Waals surface area contributed by atoms with E-state index in [2.05, 4.69) is 143 Å². The molecule has 10 rings (SSSR count). The van der Waals surface area contributed by atoms with E-state index in [0.717, 1.165) is 96.3 Å². The largest absolute Gasteiger partial charge is 0.493 e. The Kier molecular flexibility index (Phi) is 23.4. The Balaban J connectivity index is 0.627. The number of aromatic nitrogens is 7. The number of β-amino-alcohol motifs (C(OH)–C–C–N with tert-alkyl or cyclic N) is 1. The van der Waals surface area contributed by atoms with Crippen LogP contribution in [0.5, 0.6) is 5.75 Å². The number of rotatable bonds is 31. The van der Waals surface area contributed by atoms with Gasteiger partial charge < -0.3 is 44.9 Å². The number of hydrogen-bond acceptors (Lipinski definition) is 16. The van der Waals surface area contributed by atoms with Crippen molar-refractivity contribution in [1.82, 2.24) is 50.5 Å². The molecule has 4 N–H and O–H groups in total. The first-order chi connectivity index (χ1) is 45.5. The number of nitrogens with one attached hydrogen (secondary N) is 3. The first-order valence-corrected chi connectivity index (χ1v) is 33.4. The number of aryl methyl sites for hydroxylation is 4. The SMILES string of the molecule is CCCOc1cc(NCCCn2cc(COCCOCCOCCC(=O)N[C@H](C(=O)N3C[C@H](O)C[C@H]3C(=O)NCc3ccc(-c4scnc4C)cc3)C(C)(C)C)nn2)ccc1-c1ncc(-c2ncc(-c3cccnc3)cc2/C=C/c2ccc(C3C=C[C@H]3C)c(C)c2)cc1C. The first-order valence-electron chi connectivity index (χ1n) is 32.5. The number of carbonyl (C=O) groups excluding carboxylic acids is 3. The number of aliphatic hydroxyl groups excluding tert-OH is 1. The maximum atomic E-state index is 14.1. The van der Waals surface area contributed by atoms with Gasteiger partial charge in [-0.15, -0.1) is 16.4 Å². The van der Waals surface area contributed by atoms with Gasteiger partial charge >= 0.3 is 0 Å². The molecule has 1 saturated heterocycles. The summed E-state index contributed by atoms with van der Waals surface area (Å²) in [6.45, 7) is 20.0. The summed E-state index contributed by atoms with van der Waals surface area (Å²) in [5.41, 5.74) is 17.0. The molecule has 1 fully saturated rings. The number of pyridine rings is 3. The van der Waals surface area contributed by atoms with Crippen LogP contribution < -0.4 is 20.7 Å². The predicted molar refractivity (Wildman–Crippen MR) is 368 cm³/mol. The Morgan fingerprint density at radius 3 is 2.31 bits per heavy atom. The molecule has 1 aliphatic carbocycles. The molecule has 1 aliphatic heterocycles. The number of ether oxygens (including phenoxy) is 4. The fourth-order valence-electron chi connectivity index (χ4n) is 11.7. The second-order valence-corrected chi connectivity index (χ2v) is 26.2. The van der Waals surface area contributed by atoms with Gasteiger partial charge in [0, 0.05) is 109 Å². The lowest BCUT2D eigenvalue weighted by molar-refractivity contribution is -0.144. The summed E-state index contributed by atoms with van der Waals surface area (Å²) in [5, 5.41) is 28.6. The average molecular weight is 1290 g/mol. The monoisotopic (exact) mass is 1290 g/mol. The highest BCUT2D eigenvalue weighted by Crippen LogP contribution is 2.39. The van der Waals surface area contributed by atoms with E-state index in [9.17, 15) is 19.5 Å². The average Bonchev–Trinajstić information content (AvgIpc) is 1.11. The molecule has 0 spiro atoms. The molecule has 94 heavy (non-hydrogen) atoms. The van der Waals surface area contributed by atoms with Crippen LogP contribution in [0.25, 0.3) is 56.2 Å². The van der Waals surface area contributed by atoms with E-state index in [0.29, 0.717) is 57.0 Å². The van der Waals surface area contributed by atoms with Gasteiger partial charge in [0.2, 0.25) is 17.7 Å². The summed E-state index contributed by atoms with van der Waals surface area (Å²) in [7, 11) is 0. The number of aliphatic hydroxyl groups is 1. The molecule has 2 aliphatic rings. The molecule has 1 unspecified atom stereocenters. The highest BCUT2D eigenvalue weighted by Gasteiger charge is 2.44. The summed E-state index contributed by atoms with van der Waals surface area (Å²) in [4.78, 5) is 62.0. The van der Waals surface area contributed by atoms with Crippen molar-refractivity contribution in [2.24, 2.45) is 11.3 Å². The van der Waals surface area contributed by atoms with Gasteiger partial charge in [-0.3, -0.25) is 34.0 Å². The zero-order chi connectivity index (χ0) is 66.1. The second-order valence-electron chi connectivity index (χ2n) is 25.3. The van der Waals surface area contributed by atoms with Gasteiger partial charge in [-0.25, -0.2) is 4.98 Å². The first kappa shape index (κ1) is 68.1. The van der Waals surface area contributed by atoms with Crippen molar-refractivity contribution in [2.75, 3.05) is 58.0 Å². The summed E-state index contributed by atoms with van der Waals surface area (Å²) in [5.74, 6) is 0.651. The Labute approximate surface area is 555 Å². The second kappa shape index (κ2) is 32.4. The number of anilines is 1. The standard InChI is InChI=1S/C74H87N11O8S/c1-9-29-93-66-38-59(21-24-64(66)68-50(4)36-58(43-77-68)69-55(37-57(42-78-69)56-12-10-26-75-41-56)20-14-52-17-23-63(49(3)35-52)62-22-13-48(62)2)76-27-11-28-84-44-60(82-83-84)46-92-34-33-91-32-31-90-30-25-67(87)81-71(74(6,7)8)73(89)85-45-61(86)39-65(85)72(88)79-40-53-15-18-54(19-16-53)70-51(5)80-47-94-70/h10,12-24,26,35-38,41-44,47-48,61-62,65,71,76,86H,9,11,25,27-34,39-40,45-46H2,1-8H3,(H,79,88)(H,81,87)/b20-14+/t48-,61-,62?,65+,71-/m1/s1. The molecule has 20 heteroatoms. The summed E-state index contributed by atoms with van der Waals surface area (Å²) in [6.07, 6.45) is 19.2. The zero-order valence-electron chi connectivity index (χ0n) is 55.1. The summed E-state index contributed by atoms with van der Waals surface area (Å²) < 4.78 is 25.4. The Morgan fingerprint density at radius 2 is 1.60 bits per heavy atom. The van der Waals surface area contributed by atoms with Crippen LogP contribution in [-0.2, 0) is 48.3 Å². The number of carbonyl (C=O) groups is 3. The minimum Gasteiger partial charge on any atom is -0.493 e. The maximum Gasteiger partial charge on any atom is 0.246 e. The van der Waals surface area contributed by atoms with Gasteiger partial charge in [0.25, 0.3) is 0 Å².